The van der Waals surface area contributed by atoms with Gasteiger partial charge in [-0.1, -0.05) is 19.9 Å². The molecule has 5 nitrogen and oxygen atoms in total. The topological polar surface area (TPSA) is 55.6 Å². The van der Waals surface area contributed by atoms with Gasteiger partial charge in [0.2, 0.25) is 5.76 Å². The second-order valence-electron chi connectivity index (χ2n) is 5.75. The highest BCUT2D eigenvalue weighted by Crippen LogP contribution is 2.27. The maximum atomic E-state index is 12.7. The molecule has 0 N–H and O–H groups in total. The summed E-state index contributed by atoms with van der Waals surface area (Å²) in [5.74, 6) is 1.05. The first-order valence-electron chi connectivity index (χ1n) is 7.48. The summed E-state index contributed by atoms with van der Waals surface area (Å²) >= 11 is 1.65. The summed E-state index contributed by atoms with van der Waals surface area (Å²) < 4.78 is 11.5. The monoisotopic (exact) mass is 320 g/mol. The number of carbonyl (C=O) groups excluding carboxylic acids is 1. The van der Waals surface area contributed by atoms with Gasteiger partial charge in [0.15, 0.2) is 5.89 Å². The van der Waals surface area contributed by atoms with Crippen LogP contribution in [0.3, 0.4) is 0 Å². The number of nitrogens with zero attached hydrogens (tertiary/aromatic N) is 2. The van der Waals surface area contributed by atoms with Gasteiger partial charge in [-0.3, -0.25) is 4.79 Å². The van der Waals surface area contributed by atoms with Crippen LogP contribution in [-0.2, 0) is 4.74 Å². The molecule has 2 aromatic heterocycles. The van der Waals surface area contributed by atoms with Crippen molar-refractivity contribution in [3.05, 3.63) is 39.7 Å². The number of rotatable bonds is 3. The van der Waals surface area contributed by atoms with Gasteiger partial charge in [0, 0.05) is 17.3 Å². The molecule has 0 aliphatic carbocycles. The fraction of sp³-hybridized carbons (Fsp3) is 0.500. The van der Waals surface area contributed by atoms with Gasteiger partial charge >= 0.3 is 0 Å². The number of ether oxygens (including phenoxy) is 1. The van der Waals surface area contributed by atoms with E-state index < -0.39 is 0 Å². The molecule has 3 rings (SSSR count). The normalized spacial score (nSPS) is 18.9. The van der Waals surface area contributed by atoms with Crippen molar-refractivity contribution in [1.29, 1.82) is 0 Å². The fourth-order valence-electron chi connectivity index (χ4n) is 2.49. The van der Waals surface area contributed by atoms with Crippen molar-refractivity contribution in [2.45, 2.75) is 32.8 Å². The minimum atomic E-state index is -0.0956. The van der Waals surface area contributed by atoms with Gasteiger partial charge in [-0.05, 0) is 18.4 Å². The van der Waals surface area contributed by atoms with Crippen molar-refractivity contribution in [2.75, 3.05) is 19.7 Å². The van der Waals surface area contributed by atoms with Gasteiger partial charge in [-0.25, -0.2) is 4.98 Å². The minimum absolute atomic E-state index is 0.0505. The Labute approximate surface area is 133 Å². The van der Waals surface area contributed by atoms with Crippen LogP contribution < -0.4 is 0 Å². The molecule has 1 fully saturated rings. The molecule has 3 heterocycles. The lowest BCUT2D eigenvalue weighted by Crippen LogP contribution is -2.42. The zero-order valence-corrected chi connectivity index (χ0v) is 13.9. The van der Waals surface area contributed by atoms with Gasteiger partial charge < -0.3 is 14.1 Å². The second kappa shape index (κ2) is 6.22. The number of oxazole rings is 1. The molecule has 1 unspecified atom stereocenters. The Balaban J connectivity index is 1.77. The predicted molar refractivity (Wildman–Crippen MR) is 84.2 cm³/mol. The van der Waals surface area contributed by atoms with E-state index in [1.807, 2.05) is 38.3 Å². The molecule has 118 valence electrons. The lowest BCUT2D eigenvalue weighted by Gasteiger charge is -2.32. The number of carbonyl (C=O) groups is 1. The minimum Gasteiger partial charge on any atom is -0.435 e. The molecule has 1 atom stereocenters. The zero-order valence-electron chi connectivity index (χ0n) is 13.0. The predicted octanol–water partition coefficient (Wildman–Crippen LogP) is 3.38. The van der Waals surface area contributed by atoms with Crippen molar-refractivity contribution in [3.8, 4) is 0 Å². The SMILES string of the molecule is Cc1nc(C(C)C)oc1C(=O)N1CCOC(c2cccs2)C1. The van der Waals surface area contributed by atoms with Crippen LogP contribution in [0.15, 0.2) is 21.9 Å². The van der Waals surface area contributed by atoms with E-state index in [2.05, 4.69) is 4.98 Å². The average molecular weight is 320 g/mol. The maximum Gasteiger partial charge on any atom is 0.291 e. The highest BCUT2D eigenvalue weighted by molar-refractivity contribution is 7.10. The summed E-state index contributed by atoms with van der Waals surface area (Å²) in [6, 6.07) is 4.04. The highest BCUT2D eigenvalue weighted by Gasteiger charge is 2.30. The van der Waals surface area contributed by atoms with Crippen molar-refractivity contribution < 1.29 is 13.9 Å². The van der Waals surface area contributed by atoms with E-state index in [1.165, 1.54) is 0 Å². The van der Waals surface area contributed by atoms with Crippen LogP contribution in [0.1, 0.15) is 52.9 Å². The van der Waals surface area contributed by atoms with E-state index >= 15 is 0 Å². The number of aryl methyl sites for hydroxylation is 1. The van der Waals surface area contributed by atoms with Crippen molar-refractivity contribution >= 4 is 17.2 Å². The van der Waals surface area contributed by atoms with Crippen LogP contribution >= 0.6 is 11.3 Å². The molecule has 22 heavy (non-hydrogen) atoms. The van der Waals surface area contributed by atoms with Crippen LogP contribution in [-0.4, -0.2) is 35.5 Å². The number of thiophene rings is 1. The number of hydrogen-bond acceptors (Lipinski definition) is 5. The molecule has 0 saturated carbocycles. The first-order chi connectivity index (χ1) is 10.6. The standard InChI is InChI=1S/C16H20N2O3S/c1-10(2)15-17-11(3)14(21-15)16(19)18-6-7-20-12(9-18)13-5-4-8-22-13/h4-5,8,10,12H,6-7,9H2,1-3H3. The molecule has 1 saturated heterocycles. The third-order valence-corrected chi connectivity index (χ3v) is 4.68. The summed E-state index contributed by atoms with van der Waals surface area (Å²) in [6.45, 7) is 7.49. The molecule has 0 radical (unpaired) electrons. The van der Waals surface area contributed by atoms with Crippen LogP contribution in [0.25, 0.3) is 0 Å². The number of amides is 1. The third-order valence-electron chi connectivity index (χ3n) is 3.72. The Morgan fingerprint density at radius 3 is 2.95 bits per heavy atom. The lowest BCUT2D eigenvalue weighted by molar-refractivity contribution is -0.0222. The van der Waals surface area contributed by atoms with Crippen molar-refractivity contribution in [2.24, 2.45) is 0 Å². The first kappa shape index (κ1) is 15.2. The van der Waals surface area contributed by atoms with Crippen LogP contribution in [0.5, 0.6) is 0 Å². The van der Waals surface area contributed by atoms with E-state index in [0.29, 0.717) is 37.0 Å². The molecule has 0 aromatic carbocycles. The molecule has 1 amide bonds. The molecule has 2 aromatic rings. The summed E-state index contributed by atoms with van der Waals surface area (Å²) in [6.07, 6.45) is -0.0505. The van der Waals surface area contributed by atoms with Crippen molar-refractivity contribution in [3.63, 3.8) is 0 Å². The number of morpholine rings is 1. The highest BCUT2D eigenvalue weighted by atomic mass is 32.1. The van der Waals surface area contributed by atoms with Crippen LogP contribution in [0.4, 0.5) is 0 Å². The molecule has 0 spiro atoms. The summed E-state index contributed by atoms with van der Waals surface area (Å²) in [5.41, 5.74) is 0.660. The van der Waals surface area contributed by atoms with Gasteiger partial charge in [0.05, 0.1) is 18.8 Å². The van der Waals surface area contributed by atoms with E-state index in [-0.39, 0.29) is 17.9 Å². The van der Waals surface area contributed by atoms with Gasteiger partial charge in [0.25, 0.3) is 5.91 Å². The van der Waals surface area contributed by atoms with Crippen LogP contribution in [0.2, 0.25) is 0 Å². The maximum absolute atomic E-state index is 12.7. The van der Waals surface area contributed by atoms with Gasteiger partial charge in [0.1, 0.15) is 6.10 Å². The largest absolute Gasteiger partial charge is 0.435 e. The summed E-state index contributed by atoms with van der Waals surface area (Å²) in [5, 5.41) is 2.02. The molecule has 0 bridgehead atoms. The Kier molecular flexibility index (Phi) is 4.31. The summed E-state index contributed by atoms with van der Waals surface area (Å²) in [7, 11) is 0. The van der Waals surface area contributed by atoms with E-state index in [1.54, 1.807) is 16.2 Å². The first-order valence-corrected chi connectivity index (χ1v) is 8.36. The molecular formula is C16H20N2O3S. The molecule has 6 heteroatoms. The molecule has 1 aliphatic heterocycles. The summed E-state index contributed by atoms with van der Waals surface area (Å²) in [4.78, 5) is 20.0. The third kappa shape index (κ3) is 2.94. The van der Waals surface area contributed by atoms with Crippen LogP contribution in [0, 0.1) is 6.92 Å². The number of hydrogen-bond donors (Lipinski definition) is 0. The molecule has 1 aliphatic rings. The Hall–Kier alpha value is -1.66. The quantitative estimate of drug-likeness (QED) is 0.870. The number of aromatic nitrogens is 1. The van der Waals surface area contributed by atoms with Gasteiger partial charge in [-0.2, -0.15) is 0 Å². The average Bonchev–Trinajstić information content (AvgIpc) is 3.16. The Morgan fingerprint density at radius 2 is 2.32 bits per heavy atom. The molecular weight excluding hydrogens is 300 g/mol. The Bertz CT molecular complexity index is 648. The lowest BCUT2D eigenvalue weighted by atomic mass is 10.2. The second-order valence-corrected chi connectivity index (χ2v) is 6.73. The van der Waals surface area contributed by atoms with Gasteiger partial charge in [-0.15, -0.1) is 11.3 Å². The fourth-order valence-corrected chi connectivity index (χ4v) is 3.25. The van der Waals surface area contributed by atoms with E-state index in [4.69, 9.17) is 9.15 Å². The zero-order chi connectivity index (χ0) is 15.7. The smallest absolute Gasteiger partial charge is 0.291 e. The van der Waals surface area contributed by atoms with E-state index in [9.17, 15) is 4.79 Å². The van der Waals surface area contributed by atoms with Crippen molar-refractivity contribution in [1.82, 2.24) is 9.88 Å². The Morgan fingerprint density at radius 1 is 1.50 bits per heavy atom. The van der Waals surface area contributed by atoms with E-state index in [0.717, 1.165) is 4.88 Å².